The number of imidazole rings is 1. The first kappa shape index (κ1) is 24.8. The summed E-state index contributed by atoms with van der Waals surface area (Å²) >= 11 is 0. The number of carbonyl (C=O) groups excluding carboxylic acids is 3. The van der Waals surface area contributed by atoms with Crippen molar-refractivity contribution in [3.8, 4) is 0 Å². The summed E-state index contributed by atoms with van der Waals surface area (Å²) in [6.07, 6.45) is 1.40. The molecule has 1 aromatic heterocycles. The molecule has 0 aliphatic rings. The number of methoxy groups -OCH3 is 1. The maximum atomic E-state index is 12.0. The average Bonchev–Trinajstić information content (AvgIpc) is 2.90. The molecule has 0 fully saturated rings. The van der Waals surface area contributed by atoms with Gasteiger partial charge in [-0.1, -0.05) is 0 Å². The fourth-order valence-electron chi connectivity index (χ4n) is 1.88. The first-order valence-electron chi connectivity index (χ1n) is 8.14. The number of nitrogens with one attached hydrogen (secondary N) is 1. The Morgan fingerprint density at radius 2 is 1.67 bits per heavy atom. The lowest BCUT2D eigenvalue weighted by atomic mass is 10.1. The van der Waals surface area contributed by atoms with E-state index in [9.17, 15) is 14.4 Å². The second-order valence-corrected chi connectivity index (χ2v) is 7.68. The van der Waals surface area contributed by atoms with Gasteiger partial charge in [-0.05, 0) is 41.5 Å². The van der Waals surface area contributed by atoms with Crippen LogP contribution in [-0.4, -0.2) is 52.1 Å². The molecule has 1 amide bonds. The van der Waals surface area contributed by atoms with Crippen LogP contribution < -0.4 is 5.32 Å². The third kappa shape index (κ3) is 9.32. The molecule has 27 heavy (non-hydrogen) atoms. The van der Waals surface area contributed by atoms with E-state index in [0.29, 0.717) is 5.69 Å². The molecule has 154 valence electrons. The van der Waals surface area contributed by atoms with Crippen molar-refractivity contribution >= 4 is 31.7 Å². The van der Waals surface area contributed by atoms with Crippen molar-refractivity contribution in [3.05, 3.63) is 18.2 Å². The molecule has 0 saturated carbocycles. The Balaban J connectivity index is 0.00000676. The van der Waals surface area contributed by atoms with Crippen molar-refractivity contribution < 1.29 is 28.6 Å². The Hall–Kier alpha value is -2.23. The monoisotopic (exact) mass is 403 g/mol. The van der Waals surface area contributed by atoms with Crippen molar-refractivity contribution in [1.29, 1.82) is 0 Å². The highest BCUT2D eigenvalue weighted by Crippen LogP contribution is 2.11. The van der Waals surface area contributed by atoms with Gasteiger partial charge in [-0.2, -0.15) is 13.5 Å². The number of amides is 1. The Morgan fingerprint density at radius 3 is 2.15 bits per heavy atom. The number of hydrogen-bond donors (Lipinski definition) is 1. The second kappa shape index (κ2) is 9.63. The van der Waals surface area contributed by atoms with Gasteiger partial charge in [-0.15, -0.1) is 0 Å². The van der Waals surface area contributed by atoms with Crippen LogP contribution in [0.3, 0.4) is 0 Å². The fraction of sp³-hybridized carbons (Fsp3) is 0.647. The molecule has 0 aliphatic heterocycles. The molecule has 0 aromatic carbocycles. The third-order valence-corrected chi connectivity index (χ3v) is 2.83. The molecule has 0 radical (unpaired) electrons. The minimum atomic E-state index is -1.00. The highest BCUT2D eigenvalue weighted by Gasteiger charge is 2.26. The van der Waals surface area contributed by atoms with E-state index in [1.54, 1.807) is 41.5 Å². The molecular weight excluding hydrogens is 374 g/mol. The van der Waals surface area contributed by atoms with Crippen LogP contribution in [0.25, 0.3) is 0 Å². The molecule has 1 atom stereocenters. The summed E-state index contributed by atoms with van der Waals surface area (Å²) in [5, 5.41) is 2.45. The van der Waals surface area contributed by atoms with Gasteiger partial charge in [0.05, 0.1) is 12.8 Å². The van der Waals surface area contributed by atoms with Gasteiger partial charge in [0.2, 0.25) is 0 Å². The van der Waals surface area contributed by atoms with Crippen LogP contribution >= 0.6 is 13.5 Å². The summed E-state index contributed by atoms with van der Waals surface area (Å²) in [6, 6.07) is -1.00. The zero-order chi connectivity index (χ0) is 20.1. The van der Waals surface area contributed by atoms with Gasteiger partial charge in [-0.25, -0.2) is 23.9 Å². The van der Waals surface area contributed by atoms with Crippen LogP contribution in [0.1, 0.15) is 47.2 Å². The number of rotatable bonds is 4. The van der Waals surface area contributed by atoms with E-state index in [1.165, 1.54) is 24.2 Å². The number of nitrogens with zero attached hydrogens (tertiary/aromatic N) is 2. The zero-order valence-electron chi connectivity index (χ0n) is 16.8. The van der Waals surface area contributed by atoms with E-state index in [1.807, 2.05) is 0 Å². The van der Waals surface area contributed by atoms with Gasteiger partial charge in [-0.3, -0.25) is 0 Å². The summed E-state index contributed by atoms with van der Waals surface area (Å²) in [6.45, 7) is 10.4. The van der Waals surface area contributed by atoms with Crippen molar-refractivity contribution in [2.45, 2.75) is 65.2 Å². The smallest absolute Gasteiger partial charge is 0.419 e. The van der Waals surface area contributed by atoms with Crippen LogP contribution in [0, 0.1) is 0 Å². The number of carbonyl (C=O) groups is 3. The molecule has 0 bridgehead atoms. The van der Waals surface area contributed by atoms with Crippen molar-refractivity contribution in [2.75, 3.05) is 7.11 Å². The zero-order valence-corrected chi connectivity index (χ0v) is 17.8. The fourth-order valence-corrected chi connectivity index (χ4v) is 1.88. The molecular formula is C17H29N3O6S. The molecule has 9 nitrogen and oxygen atoms in total. The lowest BCUT2D eigenvalue weighted by Gasteiger charge is -2.22. The number of ether oxygens (including phenoxy) is 3. The van der Waals surface area contributed by atoms with E-state index in [0.717, 1.165) is 0 Å². The van der Waals surface area contributed by atoms with Gasteiger partial charge >= 0.3 is 18.2 Å². The van der Waals surface area contributed by atoms with E-state index >= 15 is 0 Å². The van der Waals surface area contributed by atoms with E-state index in [4.69, 9.17) is 14.2 Å². The first-order valence-corrected chi connectivity index (χ1v) is 8.14. The number of alkyl carbamates (subject to hydrolysis) is 1. The summed E-state index contributed by atoms with van der Waals surface area (Å²) in [5.41, 5.74) is -0.945. The number of hydrogen-bond acceptors (Lipinski definition) is 7. The molecule has 0 saturated heterocycles. The summed E-state index contributed by atoms with van der Waals surface area (Å²) in [5.74, 6) is -0.650. The minimum Gasteiger partial charge on any atom is -0.467 e. The quantitative estimate of drug-likeness (QED) is 0.607. The summed E-state index contributed by atoms with van der Waals surface area (Å²) in [7, 11) is 1.21. The number of esters is 1. The first-order chi connectivity index (χ1) is 11.8. The SMILES string of the molecule is COC(=O)[C@H](Cc1cn(C(=O)OC(C)(C)C)cn1)NC(=O)OC(C)(C)C.S. The van der Waals surface area contributed by atoms with Crippen molar-refractivity contribution in [1.82, 2.24) is 14.9 Å². The predicted molar refractivity (Wildman–Crippen MR) is 103 cm³/mol. The van der Waals surface area contributed by atoms with E-state index in [2.05, 4.69) is 10.3 Å². The van der Waals surface area contributed by atoms with E-state index < -0.39 is 35.4 Å². The van der Waals surface area contributed by atoms with Crippen LogP contribution in [-0.2, 0) is 25.4 Å². The average molecular weight is 404 g/mol. The lowest BCUT2D eigenvalue weighted by Crippen LogP contribution is -2.45. The molecule has 10 heteroatoms. The third-order valence-electron chi connectivity index (χ3n) is 2.83. The van der Waals surface area contributed by atoms with Crippen molar-refractivity contribution in [3.63, 3.8) is 0 Å². The normalized spacial score (nSPS) is 12.4. The Labute approximate surface area is 166 Å². The predicted octanol–water partition coefficient (Wildman–Crippen LogP) is 2.39. The minimum absolute atomic E-state index is 0. The molecule has 0 aliphatic carbocycles. The molecule has 0 unspecified atom stereocenters. The highest BCUT2D eigenvalue weighted by atomic mass is 32.1. The largest absolute Gasteiger partial charge is 0.467 e. The van der Waals surface area contributed by atoms with Crippen LogP contribution in [0.5, 0.6) is 0 Å². The van der Waals surface area contributed by atoms with Gasteiger partial charge in [0.25, 0.3) is 0 Å². The van der Waals surface area contributed by atoms with Gasteiger partial charge in [0.1, 0.15) is 23.6 Å². The van der Waals surface area contributed by atoms with Gasteiger partial charge in [0, 0.05) is 12.6 Å². The van der Waals surface area contributed by atoms with E-state index in [-0.39, 0.29) is 19.9 Å². The Morgan fingerprint density at radius 1 is 1.11 bits per heavy atom. The van der Waals surface area contributed by atoms with Gasteiger partial charge < -0.3 is 19.5 Å². The second-order valence-electron chi connectivity index (χ2n) is 7.68. The maximum absolute atomic E-state index is 12.0. The Bertz CT molecular complexity index is 660. The van der Waals surface area contributed by atoms with Crippen molar-refractivity contribution in [2.24, 2.45) is 0 Å². The van der Waals surface area contributed by atoms with Crippen LogP contribution in [0.15, 0.2) is 12.5 Å². The van der Waals surface area contributed by atoms with Gasteiger partial charge in [0.15, 0.2) is 0 Å². The topological polar surface area (TPSA) is 109 Å². The molecule has 0 spiro atoms. The molecule has 1 rings (SSSR count). The Kier molecular flexibility index (Phi) is 8.84. The highest BCUT2D eigenvalue weighted by molar-refractivity contribution is 7.59. The lowest BCUT2D eigenvalue weighted by molar-refractivity contribution is -0.143. The summed E-state index contributed by atoms with van der Waals surface area (Å²) in [4.78, 5) is 39.9. The molecule has 1 aromatic rings. The molecule has 1 heterocycles. The number of aromatic nitrogens is 2. The molecule has 1 N–H and O–H groups in total. The maximum Gasteiger partial charge on any atom is 0.419 e. The van der Waals surface area contributed by atoms with Crippen LogP contribution in [0.2, 0.25) is 0 Å². The standard InChI is InChI=1S/C17H27N3O6.H2S/c1-16(2,3)25-14(22)19-12(13(21)24-7)8-11-9-20(10-18-11)15(23)26-17(4,5)6;/h9-10,12H,8H2,1-7H3,(H,19,22);1H2/t12-;/m0./s1. The van der Waals surface area contributed by atoms with Crippen LogP contribution in [0.4, 0.5) is 9.59 Å². The summed E-state index contributed by atoms with van der Waals surface area (Å²) < 4.78 is 16.2.